The molecule has 0 unspecified atom stereocenters. The van der Waals surface area contributed by atoms with E-state index in [9.17, 15) is 63.5 Å². The van der Waals surface area contributed by atoms with Crippen LogP contribution in [0.15, 0.2) is 135 Å². The Morgan fingerprint density at radius 1 is 0.429 bits per heavy atom. The average molecular weight is 1340 g/mol. The van der Waals surface area contributed by atoms with E-state index >= 15 is 0 Å². The van der Waals surface area contributed by atoms with Gasteiger partial charge in [-0.3, -0.25) is 59.1 Å². The molecule has 5 aromatic carbocycles. The van der Waals surface area contributed by atoms with Crippen LogP contribution in [-0.4, -0.2) is 139 Å². The van der Waals surface area contributed by atoms with Gasteiger partial charge in [0.1, 0.15) is 22.9 Å². The van der Waals surface area contributed by atoms with Crippen molar-refractivity contribution in [3.8, 4) is 0 Å². The average Bonchev–Trinajstić information content (AvgIpc) is 0.918. The number of pyridine rings is 3. The molecular weight excluding hydrogens is 1290 g/mol. The molecule has 3 amide bonds. The number of hydrogen-bond donors (Lipinski definition) is 0. The number of carbonyl (C=O) groups is 3. The fourth-order valence-corrected chi connectivity index (χ4v) is 12.8. The maximum Gasteiger partial charge on any atom is 0.357 e. The van der Waals surface area contributed by atoms with Crippen molar-refractivity contribution < 1.29 is 33.5 Å². The molecule has 3 aliphatic heterocycles. The van der Waals surface area contributed by atoms with Crippen LogP contribution in [0.5, 0.6) is 0 Å². The van der Waals surface area contributed by atoms with E-state index in [0.29, 0.717) is 147 Å². The summed E-state index contributed by atoms with van der Waals surface area (Å²) in [6.45, 7) is 4.16. The second kappa shape index (κ2) is 26.9. The minimum Gasteiger partial charge on any atom is -0.362 e. The van der Waals surface area contributed by atoms with Crippen LogP contribution >= 0.6 is 57.7 Å². The van der Waals surface area contributed by atoms with Crippen LogP contribution in [0.3, 0.4) is 0 Å². The van der Waals surface area contributed by atoms with Crippen LogP contribution in [0.4, 0.5) is 38.5 Å². The topological polar surface area (TPSA) is 266 Å². The lowest BCUT2D eigenvalue weighted by molar-refractivity contribution is -0.385. The molecule has 3 fully saturated rings. The first kappa shape index (κ1) is 64.5. The summed E-state index contributed by atoms with van der Waals surface area (Å²) in [5.41, 5.74) is -0.299. The molecule has 3 aliphatic rings. The summed E-state index contributed by atoms with van der Waals surface area (Å²) < 4.78 is 16.9. The zero-order valence-corrected chi connectivity index (χ0v) is 52.4. The number of rotatable bonds is 9. The Labute approximate surface area is 539 Å². The highest BCUT2D eigenvalue weighted by Gasteiger charge is 2.36. The second-order valence-electron chi connectivity index (χ2n) is 21.3. The predicted octanol–water partition coefficient (Wildman–Crippen LogP) is 10.0. The molecule has 0 saturated carbocycles. The van der Waals surface area contributed by atoms with Crippen molar-refractivity contribution in [2.75, 3.05) is 93.2 Å². The molecule has 7 heterocycles. The molecule has 91 heavy (non-hydrogen) atoms. The maximum absolute atomic E-state index is 13.1. The predicted molar refractivity (Wildman–Crippen MR) is 349 cm³/mol. The molecule has 24 nitrogen and oxygen atoms in total. The zero-order valence-electron chi connectivity index (χ0n) is 48.6. The first-order valence-electron chi connectivity index (χ1n) is 28.0. The van der Waals surface area contributed by atoms with Crippen molar-refractivity contribution in [1.82, 2.24) is 28.4 Å². The Morgan fingerprint density at radius 3 is 1.02 bits per heavy atom. The minimum absolute atomic E-state index is 0.0500. The lowest BCUT2D eigenvalue weighted by Crippen LogP contribution is -2.49. The molecular formula is C61H53Cl4FN12O12S. The first-order valence-corrected chi connectivity index (χ1v) is 30.4. The van der Waals surface area contributed by atoms with Crippen molar-refractivity contribution in [1.29, 1.82) is 0 Å². The number of carbonyl (C=O) groups excluding carboxylic acids is 3. The monoisotopic (exact) mass is 1340 g/mol. The summed E-state index contributed by atoms with van der Waals surface area (Å²) >= 11 is 25.7. The van der Waals surface area contributed by atoms with Gasteiger partial charge < -0.3 is 43.1 Å². The summed E-state index contributed by atoms with van der Waals surface area (Å²) in [5.74, 6) is -0.857. The van der Waals surface area contributed by atoms with Gasteiger partial charge in [-0.15, -0.1) is 11.3 Å². The van der Waals surface area contributed by atoms with Gasteiger partial charge in [0.2, 0.25) is 0 Å². The summed E-state index contributed by atoms with van der Waals surface area (Å²) in [5, 5.41) is 40.6. The van der Waals surface area contributed by atoms with Gasteiger partial charge in [-0.1, -0.05) is 52.5 Å². The van der Waals surface area contributed by atoms with Gasteiger partial charge in [0, 0.05) is 147 Å². The van der Waals surface area contributed by atoms with Crippen molar-refractivity contribution in [3.63, 3.8) is 0 Å². The van der Waals surface area contributed by atoms with Gasteiger partial charge in [0.05, 0.1) is 36.2 Å². The molecule has 0 radical (unpaired) electrons. The van der Waals surface area contributed by atoms with Crippen LogP contribution in [0, 0.1) is 36.2 Å². The van der Waals surface area contributed by atoms with E-state index in [0.717, 1.165) is 0 Å². The van der Waals surface area contributed by atoms with Crippen LogP contribution in [0.2, 0.25) is 20.1 Å². The number of nitro groups is 3. The highest BCUT2D eigenvalue weighted by Crippen LogP contribution is 2.39. The Morgan fingerprint density at radius 2 is 0.725 bits per heavy atom. The number of anilines is 3. The Kier molecular flexibility index (Phi) is 19.1. The van der Waals surface area contributed by atoms with Crippen molar-refractivity contribution in [3.05, 3.63) is 224 Å². The van der Waals surface area contributed by atoms with Crippen molar-refractivity contribution in [2.45, 2.75) is 0 Å². The summed E-state index contributed by atoms with van der Waals surface area (Å²) in [6.07, 6.45) is 0. The molecule has 0 aliphatic carbocycles. The molecule has 30 heteroatoms. The van der Waals surface area contributed by atoms with E-state index in [1.807, 2.05) is 11.4 Å². The highest BCUT2D eigenvalue weighted by molar-refractivity contribution is 7.12. The fourth-order valence-electron chi connectivity index (χ4n) is 11.4. The van der Waals surface area contributed by atoms with Gasteiger partial charge in [-0.2, -0.15) is 0 Å². The number of aromatic nitrogens is 3. The smallest absolute Gasteiger partial charge is 0.357 e. The Hall–Kier alpha value is -9.47. The number of hydrogen-bond acceptors (Lipinski definition) is 16. The maximum atomic E-state index is 13.1. The van der Waals surface area contributed by atoms with E-state index in [2.05, 4.69) is 0 Å². The van der Waals surface area contributed by atoms with Gasteiger partial charge in [0.25, 0.3) is 17.7 Å². The molecule has 12 rings (SSSR count). The highest BCUT2D eigenvalue weighted by atomic mass is 35.5. The standard InChI is InChI=1S/C21H18Cl2N4O4.C21H18ClFN4O4.C19H17ClN4O4S/c1-24-17-7-6-15(23)12-16(17)18(19(21(24)29)27(30)31)25-8-10-26(11-9-25)20(28)13-2-4-14(22)5-3-13;1-24-17-7-4-14(22)12-16(17)18(19(21(24)29)27(30)31)25-8-10-26(11-9-25)20(28)13-2-5-15(23)6-3-13;1-21-14-5-4-12(20)11-13(14)16(17(19(21)26)24(27)28)22-6-8-23(9-7-22)18(25)15-3-2-10-29-15/h2*2-7,12H,8-11H2,1H3;2-5,10-11H,6-9H2,1H3. The molecule has 3 saturated heterocycles. The largest absolute Gasteiger partial charge is 0.362 e. The van der Waals surface area contributed by atoms with Gasteiger partial charge in [0.15, 0.2) is 0 Å². The van der Waals surface area contributed by atoms with Gasteiger partial charge in [-0.05, 0) is 115 Å². The molecule has 9 aromatic rings. The quantitative estimate of drug-likeness (QED) is 0.0961. The Bertz CT molecular complexity index is 4390. The number of benzene rings is 5. The van der Waals surface area contributed by atoms with Crippen molar-refractivity contribution >= 4 is 142 Å². The number of amides is 3. The number of nitrogens with zero attached hydrogens (tertiary/aromatic N) is 12. The second-order valence-corrected chi connectivity index (χ2v) is 24.0. The van der Waals surface area contributed by atoms with E-state index < -0.39 is 54.3 Å². The molecule has 0 N–H and O–H groups in total. The Balaban J connectivity index is 0.000000150. The molecule has 0 spiro atoms. The summed E-state index contributed by atoms with van der Waals surface area (Å²) in [6, 6.07) is 30.3. The summed E-state index contributed by atoms with van der Waals surface area (Å²) in [7, 11) is 4.49. The zero-order chi connectivity index (χ0) is 65.3. The van der Waals surface area contributed by atoms with E-state index in [-0.39, 0.29) is 34.8 Å². The number of piperazine rings is 3. The molecule has 0 atom stereocenters. The van der Waals surface area contributed by atoms with E-state index in [4.69, 9.17) is 46.4 Å². The van der Waals surface area contributed by atoms with E-state index in [1.165, 1.54) is 70.4 Å². The third-order valence-electron chi connectivity index (χ3n) is 16.0. The van der Waals surface area contributed by atoms with E-state index in [1.54, 1.807) is 114 Å². The van der Waals surface area contributed by atoms with Crippen LogP contribution in [-0.2, 0) is 21.1 Å². The van der Waals surface area contributed by atoms with Crippen molar-refractivity contribution in [2.24, 2.45) is 21.1 Å². The number of fused-ring (bicyclic) bond motifs is 3. The number of halogens is 5. The molecule has 4 aromatic heterocycles. The normalized spacial score (nSPS) is 14.2. The third kappa shape index (κ3) is 13.1. The lowest BCUT2D eigenvalue weighted by Gasteiger charge is -2.36. The fraction of sp³-hybridized carbons (Fsp3) is 0.246. The number of thiophene rings is 1. The first-order chi connectivity index (χ1) is 43.4. The number of aryl methyl sites for hydroxylation is 3. The van der Waals surface area contributed by atoms with Gasteiger partial charge in [-0.25, -0.2) is 4.39 Å². The third-order valence-corrected chi connectivity index (χ3v) is 17.8. The van der Waals surface area contributed by atoms with Crippen LogP contribution in [0.25, 0.3) is 32.7 Å². The lowest BCUT2D eigenvalue weighted by atomic mass is 10.1. The summed E-state index contributed by atoms with van der Waals surface area (Å²) in [4.78, 5) is 121. The SMILES string of the molecule is Cn1c(=O)c([N+](=O)[O-])c(N2CCN(C(=O)c3ccc(Cl)cc3)CC2)c2cc(Cl)ccc21.Cn1c(=O)c([N+](=O)[O-])c(N2CCN(C(=O)c3ccc(F)cc3)CC2)c2cc(Cl)ccc21.Cn1c(=O)c([N+](=O)[O-])c(N2CCN(C(=O)c3cccs3)CC2)c2cc(Cl)ccc21. The molecule has 470 valence electrons. The van der Waals surface area contributed by atoms with Crippen LogP contribution in [0.1, 0.15) is 30.4 Å². The van der Waals surface area contributed by atoms with Gasteiger partial charge >= 0.3 is 33.7 Å². The molecule has 0 bridgehead atoms. The van der Waals surface area contributed by atoms with Crippen LogP contribution < -0.4 is 31.4 Å². The minimum atomic E-state index is -0.709.